The van der Waals surface area contributed by atoms with Crippen LogP contribution < -0.4 is 0 Å². The third-order valence-electron chi connectivity index (χ3n) is 3.60. The normalized spacial score (nSPS) is 13.1. The number of carbonyl (C=O) groups excluding carboxylic acids is 1. The van der Waals surface area contributed by atoms with Crippen molar-refractivity contribution in [2.75, 3.05) is 0 Å². The predicted octanol–water partition coefficient (Wildman–Crippen LogP) is 4.80. The van der Waals surface area contributed by atoms with E-state index in [0.717, 1.165) is 24.7 Å². The highest BCUT2D eigenvalue weighted by Crippen LogP contribution is 2.26. The van der Waals surface area contributed by atoms with E-state index in [-0.39, 0.29) is 6.10 Å². The zero-order chi connectivity index (χ0) is 15.6. The van der Waals surface area contributed by atoms with Crippen molar-refractivity contribution in [3.8, 4) is 0 Å². The number of hydrogen-bond acceptors (Lipinski definition) is 3. The van der Waals surface area contributed by atoms with E-state index in [2.05, 4.69) is 6.92 Å². The fourth-order valence-electron chi connectivity index (χ4n) is 2.19. The summed E-state index contributed by atoms with van der Waals surface area (Å²) in [5, 5.41) is 0. The maximum atomic E-state index is 10.8. The number of benzene rings is 1. The number of rotatable bonds is 11. The highest BCUT2D eigenvalue weighted by molar-refractivity contribution is 5.50. The first-order valence-electron chi connectivity index (χ1n) is 7.93. The first kappa shape index (κ1) is 17.9. The average molecular weight is 292 g/mol. The van der Waals surface area contributed by atoms with Gasteiger partial charge in [0.2, 0.25) is 0 Å². The van der Waals surface area contributed by atoms with Crippen LogP contribution in [-0.2, 0) is 20.2 Å². The first-order chi connectivity index (χ1) is 10.1. The summed E-state index contributed by atoms with van der Waals surface area (Å²) in [5.41, 5.74) is 0.534. The molecule has 0 heterocycles. The zero-order valence-corrected chi connectivity index (χ0v) is 13.5. The van der Waals surface area contributed by atoms with E-state index in [1.807, 2.05) is 44.2 Å². The van der Waals surface area contributed by atoms with Crippen molar-refractivity contribution in [2.24, 2.45) is 0 Å². The Balaban J connectivity index is 2.46. The van der Waals surface area contributed by atoms with Crippen LogP contribution in [0.15, 0.2) is 30.3 Å². The lowest BCUT2D eigenvalue weighted by molar-refractivity contribution is -0.382. The Hall–Kier alpha value is -1.19. The van der Waals surface area contributed by atoms with Gasteiger partial charge in [0.15, 0.2) is 0 Å². The molecule has 1 rings (SSSR count). The molecule has 0 aliphatic carbocycles. The summed E-state index contributed by atoms with van der Waals surface area (Å²) in [4.78, 5) is 21.9. The second-order valence-corrected chi connectivity index (χ2v) is 5.93. The van der Waals surface area contributed by atoms with Crippen LogP contribution in [0.2, 0.25) is 0 Å². The molecule has 3 heteroatoms. The van der Waals surface area contributed by atoms with Crippen molar-refractivity contribution in [3.05, 3.63) is 35.9 Å². The summed E-state index contributed by atoms with van der Waals surface area (Å²) in [7, 11) is 0. The summed E-state index contributed by atoms with van der Waals surface area (Å²) < 4.78 is 0. The lowest BCUT2D eigenvalue weighted by atomic mass is 9.99. The number of aldehydes is 1. The third kappa shape index (κ3) is 6.87. The molecule has 1 aromatic carbocycles. The average Bonchev–Trinajstić information content (AvgIpc) is 2.50. The van der Waals surface area contributed by atoms with Gasteiger partial charge in [-0.1, -0.05) is 62.9 Å². The lowest BCUT2D eigenvalue weighted by Gasteiger charge is -2.26. The van der Waals surface area contributed by atoms with Crippen molar-refractivity contribution in [3.63, 3.8) is 0 Å². The van der Waals surface area contributed by atoms with Gasteiger partial charge in [-0.05, 0) is 25.8 Å². The Morgan fingerprint density at radius 1 is 1.14 bits per heavy atom. The molecule has 0 saturated heterocycles. The van der Waals surface area contributed by atoms with E-state index in [1.54, 1.807) is 0 Å². The number of hydrogen-bond donors (Lipinski definition) is 0. The molecule has 118 valence electrons. The summed E-state index contributed by atoms with van der Waals surface area (Å²) in [6.45, 7) is 6.12. The van der Waals surface area contributed by atoms with Crippen LogP contribution >= 0.6 is 0 Å². The van der Waals surface area contributed by atoms with Gasteiger partial charge in [-0.2, -0.15) is 0 Å². The summed E-state index contributed by atoms with van der Waals surface area (Å²) in [6.07, 6.45) is 6.69. The summed E-state index contributed by atoms with van der Waals surface area (Å²) in [5.74, 6) is 0. The molecule has 21 heavy (non-hydrogen) atoms. The third-order valence-corrected chi connectivity index (χ3v) is 3.60. The highest BCUT2D eigenvalue weighted by atomic mass is 17.2. The quantitative estimate of drug-likeness (QED) is 0.254. The molecular formula is C18H28O3. The molecular weight excluding hydrogens is 264 g/mol. The number of unbranched alkanes of at least 4 members (excludes halogenated alkanes) is 3. The van der Waals surface area contributed by atoms with Gasteiger partial charge < -0.3 is 4.79 Å². The molecule has 1 unspecified atom stereocenters. The second kappa shape index (κ2) is 9.69. The molecule has 0 aromatic heterocycles. The fraction of sp³-hybridized carbons (Fsp3) is 0.611. The fourth-order valence-corrected chi connectivity index (χ4v) is 2.19. The molecule has 0 aliphatic heterocycles. The predicted molar refractivity (Wildman–Crippen MR) is 84.9 cm³/mol. The van der Waals surface area contributed by atoms with E-state index >= 15 is 0 Å². The van der Waals surface area contributed by atoms with Gasteiger partial charge >= 0.3 is 0 Å². The lowest BCUT2D eigenvalue weighted by Crippen LogP contribution is -2.26. The van der Waals surface area contributed by atoms with E-state index in [1.165, 1.54) is 19.3 Å². The Kier molecular flexibility index (Phi) is 8.24. The van der Waals surface area contributed by atoms with Crippen molar-refractivity contribution in [1.29, 1.82) is 0 Å². The Morgan fingerprint density at radius 3 is 2.48 bits per heavy atom. The summed E-state index contributed by atoms with van der Waals surface area (Å²) in [6, 6.07) is 9.96. The minimum atomic E-state index is -0.522. The van der Waals surface area contributed by atoms with E-state index in [9.17, 15) is 4.79 Å². The first-order valence-corrected chi connectivity index (χ1v) is 7.93. The van der Waals surface area contributed by atoms with Gasteiger partial charge in [0.05, 0.1) is 6.10 Å². The molecule has 0 aliphatic rings. The van der Waals surface area contributed by atoms with Crippen LogP contribution in [0, 0.1) is 0 Å². The Labute approximate surface area is 128 Å². The Morgan fingerprint density at radius 2 is 1.86 bits per heavy atom. The monoisotopic (exact) mass is 292 g/mol. The molecule has 1 atom stereocenters. The minimum Gasteiger partial charge on any atom is -0.303 e. The van der Waals surface area contributed by atoms with Crippen LogP contribution in [0.25, 0.3) is 0 Å². The molecule has 0 fully saturated rings. The minimum absolute atomic E-state index is 0.151. The van der Waals surface area contributed by atoms with Crippen LogP contribution in [0.4, 0.5) is 0 Å². The van der Waals surface area contributed by atoms with E-state index in [4.69, 9.17) is 9.78 Å². The van der Waals surface area contributed by atoms with Crippen molar-refractivity contribution in [2.45, 2.75) is 71.0 Å². The number of carbonyl (C=O) groups is 1. The maximum Gasteiger partial charge on any atom is 0.123 e. The van der Waals surface area contributed by atoms with Crippen molar-refractivity contribution in [1.82, 2.24) is 0 Å². The zero-order valence-electron chi connectivity index (χ0n) is 13.5. The summed E-state index contributed by atoms with van der Waals surface area (Å²) >= 11 is 0. The molecule has 3 nitrogen and oxygen atoms in total. The van der Waals surface area contributed by atoms with Crippen molar-refractivity contribution < 1.29 is 14.6 Å². The molecule has 0 spiro atoms. The van der Waals surface area contributed by atoms with Gasteiger partial charge in [-0.3, -0.25) is 0 Å². The van der Waals surface area contributed by atoms with Crippen LogP contribution in [0.5, 0.6) is 0 Å². The molecule has 0 radical (unpaired) electrons. The molecule has 0 saturated carbocycles. The maximum absolute atomic E-state index is 10.8. The van der Waals surface area contributed by atoms with Gasteiger partial charge in [0, 0.05) is 6.42 Å². The van der Waals surface area contributed by atoms with Gasteiger partial charge in [-0.15, -0.1) is 0 Å². The van der Waals surface area contributed by atoms with Gasteiger partial charge in [0.25, 0.3) is 0 Å². The van der Waals surface area contributed by atoms with Crippen molar-refractivity contribution >= 4 is 6.29 Å². The van der Waals surface area contributed by atoms with Crippen LogP contribution in [0.1, 0.15) is 64.9 Å². The van der Waals surface area contributed by atoms with E-state index in [0.29, 0.717) is 6.42 Å². The van der Waals surface area contributed by atoms with Crippen LogP contribution in [-0.4, -0.2) is 12.4 Å². The molecule has 1 aromatic rings. The SMILES string of the molecule is CCCCCCC(CC=O)OOC(C)(C)c1ccccc1. The topological polar surface area (TPSA) is 35.5 Å². The second-order valence-electron chi connectivity index (χ2n) is 5.93. The smallest absolute Gasteiger partial charge is 0.123 e. The largest absolute Gasteiger partial charge is 0.303 e. The molecule has 0 amide bonds. The van der Waals surface area contributed by atoms with Gasteiger partial charge in [-0.25, -0.2) is 9.78 Å². The van der Waals surface area contributed by atoms with Crippen LogP contribution in [0.3, 0.4) is 0 Å². The highest BCUT2D eigenvalue weighted by Gasteiger charge is 2.24. The standard InChI is InChI=1S/C18H28O3/c1-4-5-6-10-13-17(14-15-19)20-21-18(2,3)16-11-8-7-9-12-16/h7-9,11-12,15,17H,4-6,10,13-14H2,1-3H3. The Bertz CT molecular complexity index is 387. The molecule has 0 N–H and O–H groups in total. The van der Waals surface area contributed by atoms with Gasteiger partial charge in [0.1, 0.15) is 11.9 Å². The van der Waals surface area contributed by atoms with E-state index < -0.39 is 5.60 Å². The molecule has 0 bridgehead atoms.